The number of nitrogens with two attached hydrogens (primary N) is 1. The van der Waals surface area contributed by atoms with Crippen molar-refractivity contribution in [2.24, 2.45) is 5.73 Å². The molecule has 0 radical (unpaired) electrons. The first-order valence-electron chi connectivity index (χ1n) is 6.34. The lowest BCUT2D eigenvalue weighted by atomic mass is 10.1. The van der Waals surface area contributed by atoms with E-state index in [1.807, 2.05) is 0 Å². The average molecular weight is 329 g/mol. The van der Waals surface area contributed by atoms with E-state index in [1.54, 1.807) is 25.1 Å². The van der Waals surface area contributed by atoms with Crippen LogP contribution in [0.4, 0.5) is 0 Å². The molecule has 0 aliphatic heterocycles. The Kier molecular flexibility index (Phi) is 4.73. The molecule has 2 N–H and O–H groups in total. The molecule has 0 aliphatic rings. The third kappa shape index (κ3) is 3.29. The highest BCUT2D eigenvalue weighted by Crippen LogP contribution is 2.27. The van der Waals surface area contributed by atoms with Crippen molar-refractivity contribution in [2.45, 2.75) is 24.9 Å². The fourth-order valence-electron chi connectivity index (χ4n) is 2.06. The molecule has 2 rings (SSSR count). The predicted molar refractivity (Wildman–Crippen MR) is 81.4 cm³/mol. The molecule has 1 heterocycles. The Labute approximate surface area is 129 Å². The van der Waals surface area contributed by atoms with Crippen LogP contribution in [0, 0.1) is 6.92 Å². The highest BCUT2D eigenvalue weighted by molar-refractivity contribution is 7.89. The topological polar surface area (TPSA) is 76.5 Å². The van der Waals surface area contributed by atoms with Crippen molar-refractivity contribution in [3.8, 4) is 0 Å². The van der Waals surface area contributed by atoms with Gasteiger partial charge in [-0.2, -0.15) is 4.31 Å². The third-order valence-electron chi connectivity index (χ3n) is 3.30. The molecule has 0 saturated heterocycles. The molecule has 0 spiro atoms. The standard InChI is InChI=1S/C14H17ClN2O3S/c1-10-11(8-16)6-12(15)7-14(10)21(18,19)17(2)9-13-4-3-5-20-13/h3-7H,8-9,16H2,1-2H3. The summed E-state index contributed by atoms with van der Waals surface area (Å²) in [5.74, 6) is 0.569. The highest BCUT2D eigenvalue weighted by Gasteiger charge is 2.25. The van der Waals surface area contributed by atoms with Crippen LogP contribution in [0.5, 0.6) is 0 Å². The Bertz CT molecular complexity index is 727. The zero-order valence-electron chi connectivity index (χ0n) is 11.8. The fraction of sp³-hybridized carbons (Fsp3) is 0.286. The molecular weight excluding hydrogens is 312 g/mol. The number of hydrogen-bond donors (Lipinski definition) is 1. The maximum Gasteiger partial charge on any atom is 0.243 e. The predicted octanol–water partition coefficient (Wildman–Crippen LogP) is 2.52. The second-order valence-corrected chi connectivity index (χ2v) is 7.18. The van der Waals surface area contributed by atoms with E-state index in [1.165, 1.54) is 23.7 Å². The molecule has 7 heteroatoms. The van der Waals surface area contributed by atoms with Crippen molar-refractivity contribution in [1.29, 1.82) is 0 Å². The first-order valence-corrected chi connectivity index (χ1v) is 8.16. The normalized spacial score (nSPS) is 12.0. The van der Waals surface area contributed by atoms with Gasteiger partial charge in [0.25, 0.3) is 0 Å². The summed E-state index contributed by atoms with van der Waals surface area (Å²) < 4.78 is 31.8. The Hall–Kier alpha value is -1.34. The minimum absolute atomic E-state index is 0.152. The van der Waals surface area contributed by atoms with Crippen molar-refractivity contribution >= 4 is 21.6 Å². The van der Waals surface area contributed by atoms with E-state index < -0.39 is 10.0 Å². The fourth-order valence-corrected chi connectivity index (χ4v) is 3.80. The van der Waals surface area contributed by atoms with Crippen LogP contribution in [-0.4, -0.2) is 19.8 Å². The zero-order chi connectivity index (χ0) is 15.6. The van der Waals surface area contributed by atoms with Crippen molar-refractivity contribution in [3.63, 3.8) is 0 Å². The van der Waals surface area contributed by atoms with Gasteiger partial charge in [-0.3, -0.25) is 0 Å². The summed E-state index contributed by atoms with van der Waals surface area (Å²) in [7, 11) is -2.17. The van der Waals surface area contributed by atoms with E-state index in [4.69, 9.17) is 21.8 Å². The van der Waals surface area contributed by atoms with Gasteiger partial charge >= 0.3 is 0 Å². The van der Waals surface area contributed by atoms with Gasteiger partial charge in [-0.1, -0.05) is 11.6 Å². The summed E-state index contributed by atoms with van der Waals surface area (Å²) in [6, 6.07) is 6.57. The van der Waals surface area contributed by atoms with Gasteiger partial charge in [0.05, 0.1) is 17.7 Å². The Morgan fingerprint density at radius 2 is 2.10 bits per heavy atom. The van der Waals surface area contributed by atoms with Gasteiger partial charge in [-0.15, -0.1) is 0 Å². The number of furan rings is 1. The van der Waals surface area contributed by atoms with E-state index in [9.17, 15) is 8.42 Å². The highest BCUT2D eigenvalue weighted by atomic mass is 35.5. The van der Waals surface area contributed by atoms with Crippen LogP contribution < -0.4 is 5.73 Å². The maximum absolute atomic E-state index is 12.7. The summed E-state index contributed by atoms with van der Waals surface area (Å²) in [4.78, 5) is 0.171. The molecule has 2 aromatic rings. The molecule has 114 valence electrons. The van der Waals surface area contributed by atoms with Crippen LogP contribution in [0.3, 0.4) is 0 Å². The third-order valence-corrected chi connectivity index (χ3v) is 5.45. The summed E-state index contributed by atoms with van der Waals surface area (Å²) in [5, 5.41) is 0.353. The van der Waals surface area contributed by atoms with Crippen molar-refractivity contribution in [2.75, 3.05) is 7.05 Å². The average Bonchev–Trinajstić information content (AvgIpc) is 2.93. The van der Waals surface area contributed by atoms with Crippen molar-refractivity contribution in [3.05, 3.63) is 52.4 Å². The van der Waals surface area contributed by atoms with E-state index in [0.29, 0.717) is 21.9 Å². The lowest BCUT2D eigenvalue weighted by molar-refractivity contribution is 0.406. The lowest BCUT2D eigenvalue weighted by Gasteiger charge is -2.19. The van der Waals surface area contributed by atoms with E-state index in [2.05, 4.69) is 0 Å². The van der Waals surface area contributed by atoms with Gasteiger partial charge in [-0.25, -0.2) is 8.42 Å². The summed E-state index contributed by atoms with van der Waals surface area (Å²) in [6.07, 6.45) is 1.51. The molecule has 0 fully saturated rings. The minimum Gasteiger partial charge on any atom is -0.468 e. The molecular formula is C14H17ClN2O3S. The molecule has 21 heavy (non-hydrogen) atoms. The largest absolute Gasteiger partial charge is 0.468 e. The minimum atomic E-state index is -3.67. The first-order chi connectivity index (χ1) is 9.86. The SMILES string of the molecule is Cc1c(CN)cc(Cl)cc1S(=O)(=O)N(C)Cc1ccco1. The van der Waals surface area contributed by atoms with Crippen molar-refractivity contribution in [1.82, 2.24) is 4.31 Å². The summed E-state index contributed by atoms with van der Waals surface area (Å²) in [6.45, 7) is 2.11. The summed E-state index contributed by atoms with van der Waals surface area (Å²) in [5.41, 5.74) is 6.97. The first kappa shape index (κ1) is 16.0. The second-order valence-electron chi connectivity index (χ2n) is 4.73. The molecule has 0 aliphatic carbocycles. The number of halogens is 1. The summed E-state index contributed by atoms with van der Waals surface area (Å²) >= 11 is 6.00. The quantitative estimate of drug-likeness (QED) is 0.915. The number of benzene rings is 1. The Balaban J connectivity index is 2.41. The second kappa shape index (κ2) is 6.19. The molecule has 0 saturated carbocycles. The van der Waals surface area contributed by atoms with Gasteiger partial charge in [0.2, 0.25) is 10.0 Å². The van der Waals surface area contributed by atoms with Gasteiger partial charge < -0.3 is 10.2 Å². The van der Waals surface area contributed by atoms with Gasteiger partial charge in [0.1, 0.15) is 5.76 Å². The number of rotatable bonds is 5. The van der Waals surface area contributed by atoms with E-state index >= 15 is 0 Å². The van der Waals surface area contributed by atoms with E-state index in [0.717, 1.165) is 0 Å². The van der Waals surface area contributed by atoms with E-state index in [-0.39, 0.29) is 18.0 Å². The molecule has 0 atom stereocenters. The van der Waals surface area contributed by atoms with Crippen LogP contribution in [0.2, 0.25) is 5.02 Å². The van der Waals surface area contributed by atoms with Crippen LogP contribution in [-0.2, 0) is 23.1 Å². The molecule has 1 aromatic heterocycles. The van der Waals surface area contributed by atoms with Crippen LogP contribution in [0.15, 0.2) is 39.8 Å². The maximum atomic E-state index is 12.7. The Morgan fingerprint density at radius 1 is 1.38 bits per heavy atom. The van der Waals surface area contributed by atoms with Gasteiger partial charge in [0, 0.05) is 18.6 Å². The molecule has 5 nitrogen and oxygen atoms in total. The zero-order valence-corrected chi connectivity index (χ0v) is 13.4. The number of hydrogen-bond acceptors (Lipinski definition) is 4. The van der Waals surface area contributed by atoms with Crippen LogP contribution >= 0.6 is 11.6 Å². The molecule has 0 amide bonds. The van der Waals surface area contributed by atoms with Crippen LogP contribution in [0.1, 0.15) is 16.9 Å². The molecule has 0 unspecified atom stereocenters. The lowest BCUT2D eigenvalue weighted by Crippen LogP contribution is -2.27. The van der Waals surface area contributed by atoms with Gasteiger partial charge in [0.15, 0.2) is 0 Å². The molecule has 1 aromatic carbocycles. The van der Waals surface area contributed by atoms with Crippen LogP contribution in [0.25, 0.3) is 0 Å². The smallest absolute Gasteiger partial charge is 0.243 e. The monoisotopic (exact) mass is 328 g/mol. The van der Waals surface area contributed by atoms with Gasteiger partial charge in [-0.05, 0) is 42.3 Å². The number of sulfonamides is 1. The number of nitrogens with zero attached hydrogens (tertiary/aromatic N) is 1. The molecule has 0 bridgehead atoms. The Morgan fingerprint density at radius 3 is 2.67 bits per heavy atom. The van der Waals surface area contributed by atoms with Crippen molar-refractivity contribution < 1.29 is 12.8 Å².